The minimum atomic E-state index is -2.93. The van der Waals surface area contributed by atoms with Gasteiger partial charge >= 0.3 is 0 Å². The van der Waals surface area contributed by atoms with Crippen LogP contribution in [-0.4, -0.2) is 75.0 Å². The Morgan fingerprint density at radius 2 is 2.00 bits per heavy atom. The van der Waals surface area contributed by atoms with E-state index in [1.54, 1.807) is 0 Å². The predicted octanol–water partition coefficient (Wildman–Crippen LogP) is -0.0815. The molecule has 0 radical (unpaired) electrons. The molecule has 2 rings (SSSR count). The molecule has 2 heterocycles. The van der Waals surface area contributed by atoms with Crippen LogP contribution in [0.25, 0.3) is 0 Å². The third kappa shape index (κ3) is 3.29. The second-order valence-corrected chi connectivity index (χ2v) is 8.45. The maximum Gasteiger partial charge on any atom is 0.152 e. The molecule has 2 fully saturated rings. The van der Waals surface area contributed by atoms with Crippen molar-refractivity contribution in [3.8, 4) is 0 Å². The molecule has 2 saturated heterocycles. The molecule has 0 aromatic heterocycles. The van der Waals surface area contributed by atoms with Gasteiger partial charge in [0.25, 0.3) is 0 Å². The number of likely N-dealkylation sites (N-methyl/N-ethyl adjacent to an activating group) is 1. The summed E-state index contributed by atoms with van der Waals surface area (Å²) in [5.74, 6) is 0.565. The first kappa shape index (κ1) is 15.2. The van der Waals surface area contributed by atoms with Gasteiger partial charge in [0.1, 0.15) is 0 Å². The van der Waals surface area contributed by atoms with Crippen molar-refractivity contribution in [2.45, 2.75) is 37.3 Å². The summed E-state index contributed by atoms with van der Waals surface area (Å²) in [5.41, 5.74) is 5.64. The van der Waals surface area contributed by atoms with E-state index in [1.165, 1.54) is 0 Å². The highest BCUT2D eigenvalue weighted by molar-refractivity contribution is 7.91. The van der Waals surface area contributed by atoms with Gasteiger partial charge in [-0.25, -0.2) is 8.42 Å². The number of nitrogens with two attached hydrogens (primary N) is 1. The van der Waals surface area contributed by atoms with Gasteiger partial charge in [-0.15, -0.1) is 0 Å². The lowest BCUT2D eigenvalue weighted by atomic mass is 9.89. The van der Waals surface area contributed by atoms with Gasteiger partial charge in [0.15, 0.2) is 9.84 Å². The van der Waals surface area contributed by atoms with Crippen molar-refractivity contribution < 1.29 is 8.42 Å². The van der Waals surface area contributed by atoms with E-state index in [1.807, 2.05) is 0 Å². The maximum atomic E-state index is 12.0. The number of piperidine rings is 1. The molecule has 6 heteroatoms. The van der Waals surface area contributed by atoms with E-state index >= 15 is 0 Å². The molecule has 19 heavy (non-hydrogen) atoms. The van der Waals surface area contributed by atoms with Crippen LogP contribution in [0.2, 0.25) is 0 Å². The van der Waals surface area contributed by atoms with Crippen LogP contribution in [0, 0.1) is 0 Å². The van der Waals surface area contributed by atoms with Crippen LogP contribution < -0.4 is 5.73 Å². The van der Waals surface area contributed by atoms with Crippen LogP contribution in [0.4, 0.5) is 0 Å². The average molecular weight is 289 g/mol. The summed E-state index contributed by atoms with van der Waals surface area (Å²) in [7, 11) is 1.28. The SMILES string of the molecule is CN1CCC(N(C)C2(CN)CCCS(=O)(=O)C2)CC1. The molecule has 1 atom stereocenters. The molecule has 5 nitrogen and oxygen atoms in total. The smallest absolute Gasteiger partial charge is 0.152 e. The first-order valence-corrected chi connectivity index (χ1v) is 9.03. The molecule has 2 N–H and O–H groups in total. The van der Waals surface area contributed by atoms with Crippen LogP contribution in [0.3, 0.4) is 0 Å². The maximum absolute atomic E-state index is 12.0. The van der Waals surface area contributed by atoms with Gasteiger partial charge in [0, 0.05) is 18.1 Å². The fourth-order valence-corrected chi connectivity index (χ4v) is 5.54. The Bertz CT molecular complexity index is 404. The van der Waals surface area contributed by atoms with Crippen molar-refractivity contribution in [3.05, 3.63) is 0 Å². The Kier molecular flexibility index (Phi) is 4.55. The molecule has 2 aliphatic rings. The number of hydrogen-bond donors (Lipinski definition) is 1. The van der Waals surface area contributed by atoms with Crippen molar-refractivity contribution in [3.63, 3.8) is 0 Å². The summed E-state index contributed by atoms with van der Waals surface area (Å²) in [6, 6.07) is 0.466. The molecule has 0 bridgehead atoms. The Balaban J connectivity index is 2.12. The van der Waals surface area contributed by atoms with Crippen molar-refractivity contribution in [1.82, 2.24) is 9.80 Å². The van der Waals surface area contributed by atoms with E-state index in [2.05, 4.69) is 23.9 Å². The number of sulfone groups is 1. The minimum absolute atomic E-state index is 0.235. The first-order valence-electron chi connectivity index (χ1n) is 7.20. The fraction of sp³-hybridized carbons (Fsp3) is 1.00. The largest absolute Gasteiger partial charge is 0.329 e. The van der Waals surface area contributed by atoms with E-state index in [4.69, 9.17) is 5.73 Å². The van der Waals surface area contributed by atoms with Crippen LogP contribution in [-0.2, 0) is 9.84 Å². The van der Waals surface area contributed by atoms with Crippen molar-refractivity contribution in [1.29, 1.82) is 0 Å². The molecule has 0 aliphatic carbocycles. The Labute approximate surface area is 117 Å². The van der Waals surface area contributed by atoms with Crippen LogP contribution in [0.15, 0.2) is 0 Å². The van der Waals surface area contributed by atoms with Crippen LogP contribution in [0.1, 0.15) is 25.7 Å². The lowest BCUT2D eigenvalue weighted by molar-refractivity contribution is 0.0483. The second kappa shape index (κ2) is 5.68. The summed E-state index contributed by atoms with van der Waals surface area (Å²) in [6.45, 7) is 2.61. The number of rotatable bonds is 3. The summed E-state index contributed by atoms with van der Waals surface area (Å²) in [6.07, 6.45) is 3.87. The minimum Gasteiger partial charge on any atom is -0.329 e. The van der Waals surface area contributed by atoms with Gasteiger partial charge in [-0.3, -0.25) is 4.90 Å². The molecule has 0 aromatic carbocycles. The van der Waals surface area contributed by atoms with Crippen LogP contribution in [0.5, 0.6) is 0 Å². The number of nitrogens with zero attached hydrogens (tertiary/aromatic N) is 2. The highest BCUT2D eigenvalue weighted by Gasteiger charge is 2.43. The Morgan fingerprint density at radius 3 is 2.53 bits per heavy atom. The molecule has 112 valence electrons. The zero-order valence-electron chi connectivity index (χ0n) is 12.1. The fourth-order valence-electron chi connectivity index (χ4n) is 3.53. The van der Waals surface area contributed by atoms with Gasteiger partial charge in [0.2, 0.25) is 0 Å². The Morgan fingerprint density at radius 1 is 1.37 bits per heavy atom. The predicted molar refractivity (Wildman–Crippen MR) is 78.0 cm³/mol. The van der Waals surface area contributed by atoms with Crippen molar-refractivity contribution in [2.75, 3.05) is 45.2 Å². The average Bonchev–Trinajstić information content (AvgIpc) is 2.37. The van der Waals surface area contributed by atoms with Gasteiger partial charge in [0.05, 0.1) is 11.5 Å². The second-order valence-electron chi connectivity index (χ2n) is 6.27. The highest BCUT2D eigenvalue weighted by atomic mass is 32.2. The molecular weight excluding hydrogens is 262 g/mol. The monoisotopic (exact) mass is 289 g/mol. The first-order chi connectivity index (χ1) is 8.88. The number of hydrogen-bond acceptors (Lipinski definition) is 5. The molecule has 1 unspecified atom stereocenters. The van der Waals surface area contributed by atoms with E-state index in [9.17, 15) is 8.42 Å². The molecule has 0 saturated carbocycles. The van der Waals surface area contributed by atoms with Crippen molar-refractivity contribution >= 4 is 9.84 Å². The van der Waals surface area contributed by atoms with Crippen LogP contribution >= 0.6 is 0 Å². The molecule has 0 spiro atoms. The lowest BCUT2D eigenvalue weighted by Crippen LogP contribution is -2.62. The third-order valence-corrected chi connectivity index (χ3v) is 6.84. The standard InChI is InChI=1S/C13H27N3O2S/c1-15-7-4-12(5-8-15)16(2)13(10-14)6-3-9-19(17,18)11-13/h12H,3-11,14H2,1-2H3. The number of likely N-dealkylation sites (tertiary alicyclic amines) is 1. The third-order valence-electron chi connectivity index (χ3n) is 4.95. The molecular formula is C13H27N3O2S. The Hall–Kier alpha value is -0.170. The van der Waals surface area contributed by atoms with Gasteiger partial charge < -0.3 is 10.6 Å². The van der Waals surface area contributed by atoms with Crippen molar-refractivity contribution in [2.24, 2.45) is 5.73 Å². The van der Waals surface area contributed by atoms with E-state index in [0.29, 0.717) is 18.3 Å². The topological polar surface area (TPSA) is 66.6 Å². The zero-order valence-corrected chi connectivity index (χ0v) is 13.0. The van der Waals surface area contributed by atoms with E-state index in [0.717, 1.165) is 38.8 Å². The lowest BCUT2D eigenvalue weighted by Gasteiger charge is -2.48. The highest BCUT2D eigenvalue weighted by Crippen LogP contribution is 2.31. The summed E-state index contributed by atoms with van der Waals surface area (Å²) in [4.78, 5) is 4.62. The van der Waals surface area contributed by atoms with E-state index in [-0.39, 0.29) is 11.3 Å². The van der Waals surface area contributed by atoms with Gasteiger partial charge in [-0.05, 0) is 52.9 Å². The van der Waals surface area contributed by atoms with Gasteiger partial charge in [-0.1, -0.05) is 0 Å². The molecule has 0 aromatic rings. The van der Waals surface area contributed by atoms with E-state index < -0.39 is 9.84 Å². The quantitative estimate of drug-likeness (QED) is 0.787. The zero-order chi connectivity index (χ0) is 14.1. The summed E-state index contributed by atoms with van der Waals surface area (Å²) < 4.78 is 23.9. The normalized spacial score (nSPS) is 33.7. The summed E-state index contributed by atoms with van der Waals surface area (Å²) in [5, 5.41) is 0. The van der Waals surface area contributed by atoms with Gasteiger partial charge in [-0.2, -0.15) is 0 Å². The summed E-state index contributed by atoms with van der Waals surface area (Å²) >= 11 is 0. The molecule has 2 aliphatic heterocycles. The molecule has 0 amide bonds.